The van der Waals surface area contributed by atoms with Crippen LogP contribution < -0.4 is 10.6 Å². The zero-order chi connectivity index (χ0) is 15.6. The lowest BCUT2D eigenvalue weighted by Crippen LogP contribution is -2.55. The van der Waals surface area contributed by atoms with Gasteiger partial charge in [-0.3, -0.25) is 4.79 Å². The summed E-state index contributed by atoms with van der Waals surface area (Å²) in [6, 6.07) is 4.15. The van der Waals surface area contributed by atoms with Crippen LogP contribution in [0.15, 0.2) is 24.3 Å². The van der Waals surface area contributed by atoms with Crippen LogP contribution in [0.3, 0.4) is 0 Å². The molecule has 1 fully saturated rings. The van der Waals surface area contributed by atoms with Gasteiger partial charge in [-0.15, -0.1) is 0 Å². The summed E-state index contributed by atoms with van der Waals surface area (Å²) in [4.78, 5) is 11.0. The van der Waals surface area contributed by atoms with E-state index in [1.54, 1.807) is 18.2 Å². The van der Waals surface area contributed by atoms with Crippen LogP contribution in [0, 0.1) is 0 Å². The molecule has 116 valence electrons. The molecule has 0 aliphatic carbocycles. The molecular weight excluding hydrogens is 305 g/mol. The number of nitrogens with one attached hydrogen (secondary N) is 2. The maximum atomic E-state index is 13.1. The summed E-state index contributed by atoms with van der Waals surface area (Å²) < 4.78 is 39.2. The standard InChI is InChI=1S/C14H16ClF3N2O/c1-8(21)19-13(14(16,17)18)12-6-5-11(20-12)9-3-2-4-10(15)7-9/h2-4,7,11-13,20H,5-6H2,1H3,(H,19,21)/t11-,12+,13?/m0/s1. The van der Waals surface area contributed by atoms with Crippen molar-refractivity contribution in [2.75, 3.05) is 0 Å². The monoisotopic (exact) mass is 320 g/mol. The Labute approximate surface area is 125 Å². The fourth-order valence-electron chi connectivity index (χ4n) is 2.65. The van der Waals surface area contributed by atoms with Gasteiger partial charge in [-0.05, 0) is 30.5 Å². The van der Waals surface area contributed by atoms with Gasteiger partial charge in [-0.1, -0.05) is 23.7 Å². The highest BCUT2D eigenvalue weighted by Crippen LogP contribution is 2.33. The molecule has 1 aromatic rings. The highest BCUT2D eigenvalue weighted by atomic mass is 35.5. The van der Waals surface area contributed by atoms with E-state index in [4.69, 9.17) is 11.6 Å². The molecule has 1 aromatic carbocycles. The summed E-state index contributed by atoms with van der Waals surface area (Å²) in [5, 5.41) is 5.49. The van der Waals surface area contributed by atoms with Gasteiger partial charge in [-0.2, -0.15) is 13.2 Å². The third-order valence-electron chi connectivity index (χ3n) is 3.55. The Balaban J connectivity index is 2.11. The van der Waals surface area contributed by atoms with Crippen LogP contribution in [0.1, 0.15) is 31.4 Å². The number of halogens is 4. The lowest BCUT2D eigenvalue weighted by molar-refractivity contribution is -0.166. The van der Waals surface area contributed by atoms with Crippen molar-refractivity contribution in [3.05, 3.63) is 34.9 Å². The van der Waals surface area contributed by atoms with E-state index in [-0.39, 0.29) is 6.04 Å². The Bertz CT molecular complexity index is 521. The molecule has 0 bridgehead atoms. The number of amides is 1. The average molecular weight is 321 g/mol. The van der Waals surface area contributed by atoms with Gasteiger partial charge < -0.3 is 10.6 Å². The van der Waals surface area contributed by atoms with Crippen molar-refractivity contribution in [3.8, 4) is 0 Å². The van der Waals surface area contributed by atoms with Crippen molar-refractivity contribution >= 4 is 17.5 Å². The second kappa shape index (κ2) is 6.23. The van der Waals surface area contributed by atoms with E-state index < -0.39 is 24.2 Å². The molecule has 1 aliphatic heterocycles. The van der Waals surface area contributed by atoms with Crippen LogP contribution in [0.5, 0.6) is 0 Å². The maximum Gasteiger partial charge on any atom is 0.410 e. The minimum absolute atomic E-state index is 0.188. The van der Waals surface area contributed by atoms with Gasteiger partial charge in [0.15, 0.2) is 0 Å². The van der Waals surface area contributed by atoms with E-state index in [1.165, 1.54) is 0 Å². The Morgan fingerprint density at radius 3 is 2.71 bits per heavy atom. The maximum absolute atomic E-state index is 13.1. The van der Waals surface area contributed by atoms with Gasteiger partial charge in [0, 0.05) is 24.0 Å². The number of alkyl halides is 3. The smallest absolute Gasteiger partial charge is 0.343 e. The molecule has 1 heterocycles. The van der Waals surface area contributed by atoms with Crippen LogP contribution in [-0.2, 0) is 4.79 Å². The summed E-state index contributed by atoms with van der Waals surface area (Å²) in [7, 11) is 0. The molecule has 0 aromatic heterocycles. The first-order valence-corrected chi connectivity index (χ1v) is 7.00. The third-order valence-corrected chi connectivity index (χ3v) is 3.78. The quantitative estimate of drug-likeness (QED) is 0.898. The zero-order valence-electron chi connectivity index (χ0n) is 11.4. The lowest BCUT2D eigenvalue weighted by atomic mass is 10.0. The van der Waals surface area contributed by atoms with Gasteiger partial charge in [0.25, 0.3) is 0 Å². The SMILES string of the molecule is CC(=O)NC([C@H]1CC[C@@H](c2cccc(Cl)c2)N1)C(F)(F)F. The number of hydrogen-bond acceptors (Lipinski definition) is 2. The zero-order valence-corrected chi connectivity index (χ0v) is 12.1. The molecule has 2 rings (SSSR count). The number of carbonyl (C=O) groups is 1. The van der Waals surface area contributed by atoms with E-state index in [9.17, 15) is 18.0 Å². The van der Waals surface area contributed by atoms with Crippen LogP contribution >= 0.6 is 11.6 Å². The number of rotatable bonds is 3. The average Bonchev–Trinajstić information content (AvgIpc) is 2.83. The van der Waals surface area contributed by atoms with E-state index in [0.717, 1.165) is 12.5 Å². The second-order valence-corrected chi connectivity index (χ2v) is 5.61. The largest absolute Gasteiger partial charge is 0.410 e. The lowest BCUT2D eigenvalue weighted by Gasteiger charge is -2.27. The Morgan fingerprint density at radius 2 is 2.14 bits per heavy atom. The molecule has 3 atom stereocenters. The first-order valence-electron chi connectivity index (χ1n) is 6.62. The molecule has 3 nitrogen and oxygen atoms in total. The van der Waals surface area contributed by atoms with Crippen molar-refractivity contribution in [1.82, 2.24) is 10.6 Å². The Kier molecular flexibility index (Phi) is 4.78. The van der Waals surface area contributed by atoms with Crippen LogP contribution in [-0.4, -0.2) is 24.2 Å². The molecule has 7 heteroatoms. The molecule has 21 heavy (non-hydrogen) atoms. The highest BCUT2D eigenvalue weighted by molar-refractivity contribution is 6.30. The van der Waals surface area contributed by atoms with Gasteiger partial charge in [0.2, 0.25) is 5.91 Å². The van der Waals surface area contributed by atoms with Crippen LogP contribution in [0.25, 0.3) is 0 Å². The summed E-state index contributed by atoms with van der Waals surface area (Å²) >= 11 is 5.90. The minimum atomic E-state index is -4.48. The van der Waals surface area contributed by atoms with E-state index >= 15 is 0 Å². The molecule has 0 spiro atoms. The summed E-state index contributed by atoms with van der Waals surface area (Å²) in [5.41, 5.74) is 0.855. The highest BCUT2D eigenvalue weighted by Gasteiger charge is 2.47. The summed E-state index contributed by atoms with van der Waals surface area (Å²) in [6.45, 7) is 1.09. The molecular formula is C14H16ClF3N2O. The molecule has 0 radical (unpaired) electrons. The number of hydrogen-bond donors (Lipinski definition) is 2. The minimum Gasteiger partial charge on any atom is -0.343 e. The van der Waals surface area contributed by atoms with Crippen LogP contribution in [0.2, 0.25) is 5.02 Å². The van der Waals surface area contributed by atoms with E-state index in [0.29, 0.717) is 17.9 Å². The Morgan fingerprint density at radius 1 is 1.43 bits per heavy atom. The second-order valence-electron chi connectivity index (χ2n) is 5.18. The first-order chi connectivity index (χ1) is 9.77. The molecule has 1 unspecified atom stereocenters. The van der Waals surface area contributed by atoms with Crippen molar-refractivity contribution in [2.45, 2.75) is 44.1 Å². The molecule has 2 N–H and O–H groups in total. The topological polar surface area (TPSA) is 41.1 Å². The fourth-order valence-corrected chi connectivity index (χ4v) is 2.85. The van der Waals surface area contributed by atoms with Crippen molar-refractivity contribution < 1.29 is 18.0 Å². The van der Waals surface area contributed by atoms with Crippen molar-refractivity contribution in [3.63, 3.8) is 0 Å². The third kappa shape index (κ3) is 4.11. The summed E-state index contributed by atoms with van der Waals surface area (Å²) in [6.07, 6.45) is -3.58. The summed E-state index contributed by atoms with van der Waals surface area (Å²) in [5.74, 6) is -0.690. The molecule has 1 amide bonds. The predicted molar refractivity (Wildman–Crippen MR) is 74.0 cm³/mol. The molecule has 1 aliphatic rings. The van der Waals surface area contributed by atoms with E-state index in [1.807, 2.05) is 11.4 Å². The van der Waals surface area contributed by atoms with Crippen molar-refractivity contribution in [1.29, 1.82) is 0 Å². The van der Waals surface area contributed by atoms with Gasteiger partial charge in [-0.25, -0.2) is 0 Å². The van der Waals surface area contributed by atoms with Gasteiger partial charge in [0.05, 0.1) is 0 Å². The normalized spacial score (nSPS) is 23.9. The number of benzene rings is 1. The van der Waals surface area contributed by atoms with Crippen LogP contribution in [0.4, 0.5) is 13.2 Å². The van der Waals surface area contributed by atoms with E-state index in [2.05, 4.69) is 5.32 Å². The molecule has 0 saturated carbocycles. The fraction of sp³-hybridized carbons (Fsp3) is 0.500. The van der Waals surface area contributed by atoms with Crippen molar-refractivity contribution in [2.24, 2.45) is 0 Å². The van der Waals surface area contributed by atoms with Gasteiger partial charge >= 0.3 is 6.18 Å². The van der Waals surface area contributed by atoms with Gasteiger partial charge in [0.1, 0.15) is 6.04 Å². The predicted octanol–water partition coefficient (Wildman–Crippen LogP) is 3.20. The first kappa shape index (κ1) is 16.1. The molecule has 1 saturated heterocycles. The number of carbonyl (C=O) groups excluding carboxylic acids is 1. The Hall–Kier alpha value is -1.27.